The highest BCUT2D eigenvalue weighted by Gasteiger charge is 2.49. The number of carbonyl (C=O) groups is 1. The van der Waals surface area contributed by atoms with Gasteiger partial charge in [0.25, 0.3) is 15.7 Å². The van der Waals surface area contributed by atoms with Gasteiger partial charge in [-0.2, -0.15) is 13.2 Å². The van der Waals surface area contributed by atoms with Gasteiger partial charge in [0.1, 0.15) is 0 Å². The molecule has 0 fully saturated rings. The molecule has 3 aromatic rings. The number of aromatic nitrogens is 3. The molecule has 0 spiro atoms. The third-order valence-corrected chi connectivity index (χ3v) is 5.41. The number of para-hydroxylation sites is 2. The lowest BCUT2D eigenvalue weighted by Crippen LogP contribution is -2.30. The van der Waals surface area contributed by atoms with Gasteiger partial charge in [0, 0.05) is 19.3 Å². The second-order valence-electron chi connectivity index (χ2n) is 5.84. The zero-order valence-corrected chi connectivity index (χ0v) is 15.2. The SMILES string of the molecule is O=C(NCCCn1cnc2ccccc21)c1cccnc1S(=O)(=O)C(F)(F)F. The third kappa shape index (κ3) is 3.84. The Bertz CT molecular complexity index is 1110. The van der Waals surface area contributed by atoms with E-state index in [-0.39, 0.29) is 6.54 Å². The van der Waals surface area contributed by atoms with Crippen molar-refractivity contribution in [3.8, 4) is 0 Å². The molecular weight excluding hydrogens is 397 g/mol. The Hall–Kier alpha value is -2.95. The number of rotatable bonds is 6. The Morgan fingerprint density at radius 3 is 2.61 bits per heavy atom. The van der Waals surface area contributed by atoms with E-state index >= 15 is 0 Å². The lowest BCUT2D eigenvalue weighted by Gasteiger charge is -2.12. The molecule has 148 valence electrons. The summed E-state index contributed by atoms with van der Waals surface area (Å²) in [5.41, 5.74) is -4.45. The highest BCUT2D eigenvalue weighted by atomic mass is 32.2. The molecule has 1 N–H and O–H groups in total. The number of fused-ring (bicyclic) bond motifs is 1. The van der Waals surface area contributed by atoms with Gasteiger partial charge in [-0.1, -0.05) is 12.1 Å². The molecule has 0 saturated carbocycles. The standard InChI is InChI=1S/C17H15F3N4O3S/c18-17(19,20)28(26,27)16-12(5-3-8-22-16)15(25)21-9-4-10-24-11-23-13-6-1-2-7-14(13)24/h1-3,5-8,11H,4,9-10H2,(H,21,25). The molecule has 0 atom stereocenters. The van der Waals surface area contributed by atoms with Crippen molar-refractivity contribution in [1.82, 2.24) is 19.9 Å². The molecule has 3 rings (SSSR count). The lowest BCUT2D eigenvalue weighted by atomic mass is 10.2. The molecule has 1 amide bonds. The van der Waals surface area contributed by atoms with Gasteiger partial charge in [-0.15, -0.1) is 0 Å². The second kappa shape index (κ2) is 7.58. The average Bonchev–Trinajstić information content (AvgIpc) is 3.07. The fraction of sp³-hybridized carbons (Fsp3) is 0.235. The Balaban J connectivity index is 1.66. The zero-order valence-electron chi connectivity index (χ0n) is 14.3. The van der Waals surface area contributed by atoms with Crippen LogP contribution in [0.3, 0.4) is 0 Å². The van der Waals surface area contributed by atoms with Gasteiger partial charge in [0.15, 0.2) is 5.03 Å². The maximum absolute atomic E-state index is 12.8. The summed E-state index contributed by atoms with van der Waals surface area (Å²) in [6, 6.07) is 9.67. The molecule has 2 heterocycles. The smallest absolute Gasteiger partial charge is 0.352 e. The van der Waals surface area contributed by atoms with Crippen LogP contribution in [0.25, 0.3) is 11.0 Å². The number of sulfone groups is 1. The van der Waals surface area contributed by atoms with Crippen LogP contribution in [-0.2, 0) is 16.4 Å². The zero-order chi connectivity index (χ0) is 20.4. The fourth-order valence-electron chi connectivity index (χ4n) is 2.62. The van der Waals surface area contributed by atoms with E-state index in [0.29, 0.717) is 13.0 Å². The average molecular weight is 412 g/mol. The van der Waals surface area contributed by atoms with E-state index < -0.39 is 31.8 Å². The van der Waals surface area contributed by atoms with Gasteiger partial charge in [0.2, 0.25) is 0 Å². The highest BCUT2D eigenvalue weighted by Crippen LogP contribution is 2.30. The van der Waals surface area contributed by atoms with E-state index in [1.54, 1.807) is 6.33 Å². The van der Waals surface area contributed by atoms with Gasteiger partial charge in [-0.05, 0) is 30.7 Å². The Kier molecular flexibility index (Phi) is 5.36. The van der Waals surface area contributed by atoms with Crippen LogP contribution in [0.1, 0.15) is 16.8 Å². The molecule has 2 aromatic heterocycles. The number of halogens is 3. The number of nitrogens with zero attached hydrogens (tertiary/aromatic N) is 3. The van der Waals surface area contributed by atoms with Crippen LogP contribution < -0.4 is 5.32 Å². The first kappa shape index (κ1) is 19.8. The Morgan fingerprint density at radius 1 is 1.11 bits per heavy atom. The summed E-state index contributed by atoms with van der Waals surface area (Å²) < 4.78 is 63.5. The largest absolute Gasteiger partial charge is 0.503 e. The number of pyridine rings is 1. The molecule has 7 nitrogen and oxygen atoms in total. The summed E-state index contributed by atoms with van der Waals surface area (Å²) >= 11 is 0. The van der Waals surface area contributed by atoms with E-state index in [4.69, 9.17) is 0 Å². The molecule has 0 radical (unpaired) electrons. The summed E-state index contributed by atoms with van der Waals surface area (Å²) in [5.74, 6) is -0.939. The molecule has 0 aliphatic heterocycles. The summed E-state index contributed by atoms with van der Waals surface area (Å²) in [5, 5.41) is 1.12. The second-order valence-corrected chi connectivity index (χ2v) is 7.70. The number of hydrogen-bond acceptors (Lipinski definition) is 5. The fourth-order valence-corrected chi connectivity index (χ4v) is 3.49. The van der Waals surface area contributed by atoms with Crippen molar-refractivity contribution in [2.45, 2.75) is 23.5 Å². The molecule has 0 unspecified atom stereocenters. The van der Waals surface area contributed by atoms with Gasteiger partial charge in [-0.3, -0.25) is 4.79 Å². The first-order valence-electron chi connectivity index (χ1n) is 8.16. The Labute approximate surface area is 158 Å². The number of imidazole rings is 1. The van der Waals surface area contributed by atoms with Crippen LogP contribution in [0.4, 0.5) is 13.2 Å². The van der Waals surface area contributed by atoms with Crippen LogP contribution in [-0.4, -0.2) is 40.9 Å². The highest BCUT2D eigenvalue weighted by molar-refractivity contribution is 7.92. The number of amides is 1. The van der Waals surface area contributed by atoms with Crippen LogP contribution in [0, 0.1) is 0 Å². The minimum absolute atomic E-state index is 0.131. The third-order valence-electron chi connectivity index (χ3n) is 3.96. The van der Waals surface area contributed by atoms with E-state index in [9.17, 15) is 26.4 Å². The minimum atomic E-state index is -5.73. The maximum atomic E-state index is 12.8. The monoisotopic (exact) mass is 412 g/mol. The number of hydrogen-bond donors (Lipinski definition) is 1. The maximum Gasteiger partial charge on any atom is 0.503 e. The van der Waals surface area contributed by atoms with Crippen molar-refractivity contribution in [2.75, 3.05) is 6.54 Å². The van der Waals surface area contributed by atoms with Crippen LogP contribution in [0.5, 0.6) is 0 Å². The van der Waals surface area contributed by atoms with Gasteiger partial charge >= 0.3 is 5.51 Å². The molecule has 0 aliphatic rings. The van der Waals surface area contributed by atoms with E-state index in [1.807, 2.05) is 28.8 Å². The van der Waals surface area contributed by atoms with Crippen molar-refractivity contribution >= 4 is 26.8 Å². The normalized spacial score (nSPS) is 12.2. The molecule has 28 heavy (non-hydrogen) atoms. The van der Waals surface area contributed by atoms with Gasteiger partial charge < -0.3 is 9.88 Å². The van der Waals surface area contributed by atoms with Crippen LogP contribution >= 0.6 is 0 Å². The van der Waals surface area contributed by atoms with Gasteiger partial charge in [0.05, 0.1) is 22.9 Å². The summed E-state index contributed by atoms with van der Waals surface area (Å²) in [6.45, 7) is 0.646. The van der Waals surface area contributed by atoms with Crippen molar-refractivity contribution in [1.29, 1.82) is 0 Å². The number of benzene rings is 1. The summed E-state index contributed by atoms with van der Waals surface area (Å²) in [7, 11) is -5.73. The van der Waals surface area contributed by atoms with Gasteiger partial charge in [-0.25, -0.2) is 18.4 Å². The molecule has 1 aromatic carbocycles. The molecule has 11 heteroatoms. The van der Waals surface area contributed by atoms with Crippen LogP contribution in [0.15, 0.2) is 53.9 Å². The first-order chi connectivity index (χ1) is 13.2. The molecule has 0 bridgehead atoms. The van der Waals surface area contributed by atoms with Crippen molar-refractivity contribution in [3.63, 3.8) is 0 Å². The Morgan fingerprint density at radius 2 is 1.86 bits per heavy atom. The number of nitrogens with one attached hydrogen (secondary N) is 1. The predicted molar refractivity (Wildman–Crippen MR) is 94.2 cm³/mol. The summed E-state index contributed by atoms with van der Waals surface area (Å²) in [6.07, 6.45) is 3.01. The minimum Gasteiger partial charge on any atom is -0.352 e. The topological polar surface area (TPSA) is 93.9 Å². The molecule has 0 aliphatic carbocycles. The van der Waals surface area contributed by atoms with Crippen LogP contribution in [0.2, 0.25) is 0 Å². The van der Waals surface area contributed by atoms with E-state index in [1.165, 1.54) is 6.07 Å². The number of carbonyl (C=O) groups excluding carboxylic acids is 1. The summed E-state index contributed by atoms with van der Waals surface area (Å²) in [4.78, 5) is 19.7. The number of alkyl halides is 3. The van der Waals surface area contributed by atoms with E-state index in [0.717, 1.165) is 23.3 Å². The molecule has 0 saturated heterocycles. The van der Waals surface area contributed by atoms with E-state index in [2.05, 4.69) is 15.3 Å². The lowest BCUT2D eigenvalue weighted by molar-refractivity contribution is -0.0438. The first-order valence-corrected chi connectivity index (χ1v) is 9.64. The molecular formula is C17H15F3N4O3S. The van der Waals surface area contributed by atoms with Crippen molar-refractivity contribution in [2.24, 2.45) is 0 Å². The quantitative estimate of drug-likeness (QED) is 0.628. The van der Waals surface area contributed by atoms with Crippen molar-refractivity contribution < 1.29 is 26.4 Å². The predicted octanol–water partition coefficient (Wildman–Crippen LogP) is 2.54. The van der Waals surface area contributed by atoms with Crippen molar-refractivity contribution in [3.05, 3.63) is 54.5 Å². The number of aryl methyl sites for hydroxylation is 1.